The number of fused-ring (bicyclic) bond motifs is 2. The lowest BCUT2D eigenvalue weighted by Gasteiger charge is -2.36. The fourth-order valence-corrected chi connectivity index (χ4v) is 3.17. The van der Waals surface area contributed by atoms with E-state index in [0.717, 1.165) is 12.8 Å². The minimum Gasteiger partial charge on any atom is -0.393 e. The van der Waals surface area contributed by atoms with E-state index in [-0.39, 0.29) is 24.1 Å². The zero-order chi connectivity index (χ0) is 12.0. The van der Waals surface area contributed by atoms with Crippen LogP contribution in [0.1, 0.15) is 36.3 Å². The monoisotopic (exact) mass is 235 g/mol. The summed E-state index contributed by atoms with van der Waals surface area (Å²) in [5.41, 5.74) is 0. The van der Waals surface area contributed by atoms with Crippen molar-refractivity contribution in [3.05, 3.63) is 18.2 Å². The van der Waals surface area contributed by atoms with Crippen LogP contribution in [0.5, 0.6) is 0 Å². The van der Waals surface area contributed by atoms with Gasteiger partial charge in [-0.25, -0.2) is 4.98 Å². The van der Waals surface area contributed by atoms with Crippen molar-refractivity contribution in [3.8, 4) is 0 Å². The summed E-state index contributed by atoms with van der Waals surface area (Å²) in [5, 5.41) is 9.72. The summed E-state index contributed by atoms with van der Waals surface area (Å²) >= 11 is 0. The van der Waals surface area contributed by atoms with Gasteiger partial charge in [-0.05, 0) is 25.7 Å². The fraction of sp³-hybridized carbons (Fsp3) is 0.667. The highest BCUT2D eigenvalue weighted by atomic mass is 16.3. The molecule has 3 rings (SSSR count). The molecule has 1 unspecified atom stereocenters. The first-order valence-electron chi connectivity index (χ1n) is 6.15. The van der Waals surface area contributed by atoms with Crippen LogP contribution in [0.2, 0.25) is 0 Å². The Hall–Kier alpha value is -1.36. The Kier molecular flexibility index (Phi) is 2.43. The molecular weight excluding hydrogens is 218 g/mol. The maximum absolute atomic E-state index is 12.4. The number of aliphatic hydroxyl groups is 1. The molecule has 0 aliphatic carbocycles. The molecule has 5 nitrogen and oxygen atoms in total. The first-order chi connectivity index (χ1) is 8.16. The van der Waals surface area contributed by atoms with Gasteiger partial charge in [0.25, 0.3) is 5.91 Å². The van der Waals surface area contributed by atoms with Gasteiger partial charge in [0.05, 0.1) is 6.10 Å². The SMILES string of the molecule is Cn1ccnc1C(=O)N1[C@@H]2CC[C@H]1CC(O)C2. The van der Waals surface area contributed by atoms with E-state index in [1.807, 2.05) is 11.9 Å². The smallest absolute Gasteiger partial charge is 0.290 e. The van der Waals surface area contributed by atoms with E-state index >= 15 is 0 Å². The summed E-state index contributed by atoms with van der Waals surface area (Å²) in [7, 11) is 1.83. The van der Waals surface area contributed by atoms with E-state index in [1.165, 1.54) is 0 Å². The lowest BCUT2D eigenvalue weighted by molar-refractivity contribution is 0.0275. The molecule has 0 spiro atoms. The molecule has 1 aromatic rings. The largest absolute Gasteiger partial charge is 0.393 e. The van der Waals surface area contributed by atoms with Crippen molar-refractivity contribution in [1.29, 1.82) is 0 Å². The number of aryl methyl sites for hydroxylation is 1. The summed E-state index contributed by atoms with van der Waals surface area (Å²) in [5.74, 6) is 0.509. The average molecular weight is 235 g/mol. The molecule has 1 amide bonds. The Balaban J connectivity index is 1.86. The van der Waals surface area contributed by atoms with Gasteiger partial charge in [-0.15, -0.1) is 0 Å². The molecule has 2 bridgehead atoms. The Labute approximate surface area is 100 Å². The molecule has 1 aromatic heterocycles. The van der Waals surface area contributed by atoms with Crippen molar-refractivity contribution in [2.24, 2.45) is 7.05 Å². The number of aromatic nitrogens is 2. The predicted molar refractivity (Wildman–Crippen MR) is 61.4 cm³/mol. The van der Waals surface area contributed by atoms with Crippen LogP contribution in [0.3, 0.4) is 0 Å². The van der Waals surface area contributed by atoms with E-state index in [4.69, 9.17) is 0 Å². The maximum atomic E-state index is 12.4. The van der Waals surface area contributed by atoms with Crippen LogP contribution in [0, 0.1) is 0 Å². The lowest BCUT2D eigenvalue weighted by Crippen LogP contribution is -2.48. The Morgan fingerprint density at radius 1 is 1.41 bits per heavy atom. The van der Waals surface area contributed by atoms with Crippen LogP contribution in [0.15, 0.2) is 12.4 Å². The topological polar surface area (TPSA) is 58.4 Å². The number of carbonyl (C=O) groups is 1. The normalized spacial score (nSPS) is 31.9. The number of hydrogen-bond donors (Lipinski definition) is 1. The van der Waals surface area contributed by atoms with E-state index < -0.39 is 0 Å². The van der Waals surface area contributed by atoms with Gasteiger partial charge in [0.2, 0.25) is 0 Å². The van der Waals surface area contributed by atoms with Crippen molar-refractivity contribution < 1.29 is 9.90 Å². The zero-order valence-corrected chi connectivity index (χ0v) is 9.91. The molecule has 2 saturated heterocycles. The maximum Gasteiger partial charge on any atom is 0.290 e. The summed E-state index contributed by atoms with van der Waals surface area (Å²) in [6.07, 6.45) is 6.65. The molecule has 3 atom stereocenters. The predicted octanol–water partition coefficient (Wildman–Crippen LogP) is 0.548. The third-order valence-electron chi connectivity index (χ3n) is 3.96. The van der Waals surface area contributed by atoms with E-state index in [0.29, 0.717) is 18.7 Å². The number of nitrogens with zero attached hydrogens (tertiary/aromatic N) is 3. The van der Waals surface area contributed by atoms with Gasteiger partial charge in [0.1, 0.15) is 0 Å². The van der Waals surface area contributed by atoms with Crippen molar-refractivity contribution in [2.75, 3.05) is 0 Å². The highest BCUT2D eigenvalue weighted by Crippen LogP contribution is 2.36. The molecule has 2 fully saturated rings. The van der Waals surface area contributed by atoms with Gasteiger partial charge < -0.3 is 14.6 Å². The summed E-state index contributed by atoms with van der Waals surface area (Å²) in [6, 6.07) is 0.404. The molecule has 1 N–H and O–H groups in total. The van der Waals surface area contributed by atoms with Crippen LogP contribution in [-0.4, -0.2) is 43.7 Å². The minimum absolute atomic E-state index is 0.0110. The number of imidazole rings is 1. The van der Waals surface area contributed by atoms with Crippen molar-refractivity contribution in [1.82, 2.24) is 14.5 Å². The lowest BCUT2D eigenvalue weighted by atomic mass is 10.00. The van der Waals surface area contributed by atoms with Gasteiger partial charge in [-0.2, -0.15) is 0 Å². The molecule has 17 heavy (non-hydrogen) atoms. The van der Waals surface area contributed by atoms with E-state index in [1.54, 1.807) is 17.0 Å². The highest BCUT2D eigenvalue weighted by molar-refractivity contribution is 5.91. The Morgan fingerprint density at radius 2 is 2.06 bits per heavy atom. The third-order valence-corrected chi connectivity index (χ3v) is 3.96. The van der Waals surface area contributed by atoms with Crippen molar-refractivity contribution >= 4 is 5.91 Å². The van der Waals surface area contributed by atoms with Gasteiger partial charge in [0.15, 0.2) is 5.82 Å². The van der Waals surface area contributed by atoms with Crippen molar-refractivity contribution in [2.45, 2.75) is 43.9 Å². The Morgan fingerprint density at radius 3 is 2.59 bits per heavy atom. The number of aliphatic hydroxyl groups excluding tert-OH is 1. The first kappa shape index (κ1) is 10.8. The van der Waals surface area contributed by atoms with E-state index in [2.05, 4.69) is 4.98 Å². The van der Waals surface area contributed by atoms with Crippen LogP contribution < -0.4 is 0 Å². The molecule has 92 valence electrons. The first-order valence-corrected chi connectivity index (χ1v) is 6.15. The third kappa shape index (κ3) is 1.65. The zero-order valence-electron chi connectivity index (χ0n) is 9.91. The van der Waals surface area contributed by atoms with Gasteiger partial charge in [0, 0.05) is 31.5 Å². The van der Waals surface area contributed by atoms with Gasteiger partial charge in [-0.1, -0.05) is 0 Å². The molecule has 2 aliphatic rings. The Bertz CT molecular complexity index is 429. The summed E-state index contributed by atoms with van der Waals surface area (Å²) < 4.78 is 1.76. The average Bonchev–Trinajstić information content (AvgIpc) is 2.81. The van der Waals surface area contributed by atoms with Crippen molar-refractivity contribution in [3.63, 3.8) is 0 Å². The number of carbonyl (C=O) groups excluding carboxylic acids is 1. The molecule has 0 saturated carbocycles. The van der Waals surface area contributed by atoms with Crippen LogP contribution >= 0.6 is 0 Å². The fourth-order valence-electron chi connectivity index (χ4n) is 3.17. The van der Waals surface area contributed by atoms with Crippen LogP contribution in [0.25, 0.3) is 0 Å². The highest BCUT2D eigenvalue weighted by Gasteiger charge is 2.43. The van der Waals surface area contributed by atoms with Crippen LogP contribution in [-0.2, 0) is 7.05 Å². The summed E-state index contributed by atoms with van der Waals surface area (Å²) in [4.78, 5) is 18.5. The number of rotatable bonds is 1. The second-order valence-corrected chi connectivity index (χ2v) is 5.08. The number of amides is 1. The van der Waals surface area contributed by atoms with Gasteiger partial charge >= 0.3 is 0 Å². The van der Waals surface area contributed by atoms with Crippen LogP contribution in [0.4, 0.5) is 0 Å². The quantitative estimate of drug-likeness (QED) is 0.773. The second kappa shape index (κ2) is 3.84. The van der Waals surface area contributed by atoms with Gasteiger partial charge in [-0.3, -0.25) is 4.79 Å². The molecule has 0 aromatic carbocycles. The standard InChI is InChI=1S/C12H17N3O2/c1-14-5-4-13-11(14)12(17)15-8-2-3-9(15)7-10(16)6-8/h4-5,8-10,16H,2-3,6-7H2,1H3/t8-,9+,10?. The molecule has 3 heterocycles. The number of hydrogen-bond acceptors (Lipinski definition) is 3. The number of piperidine rings is 1. The molecular formula is C12H17N3O2. The summed E-state index contributed by atoms with van der Waals surface area (Å²) in [6.45, 7) is 0. The second-order valence-electron chi connectivity index (χ2n) is 5.08. The molecule has 2 aliphatic heterocycles. The molecule has 5 heteroatoms. The van der Waals surface area contributed by atoms with E-state index in [9.17, 15) is 9.90 Å². The minimum atomic E-state index is -0.238. The molecule has 0 radical (unpaired) electrons.